The summed E-state index contributed by atoms with van der Waals surface area (Å²) in [6, 6.07) is 6.47. The van der Waals surface area contributed by atoms with Gasteiger partial charge in [0.1, 0.15) is 12.0 Å². The van der Waals surface area contributed by atoms with Crippen molar-refractivity contribution in [3.8, 4) is 5.75 Å². The van der Waals surface area contributed by atoms with Gasteiger partial charge in [-0.15, -0.1) is 12.4 Å². The molecule has 1 aromatic rings. The second-order valence-electron chi connectivity index (χ2n) is 5.52. The Morgan fingerprint density at radius 3 is 2.43 bits per heavy atom. The highest BCUT2D eigenvalue weighted by atomic mass is 35.5. The highest BCUT2D eigenvalue weighted by Gasteiger charge is 2.20. The summed E-state index contributed by atoms with van der Waals surface area (Å²) in [7, 11) is 0. The minimum absolute atomic E-state index is 0. The van der Waals surface area contributed by atoms with E-state index in [0.717, 1.165) is 38.6 Å². The van der Waals surface area contributed by atoms with Gasteiger partial charge in [-0.3, -0.25) is 15.0 Å². The van der Waals surface area contributed by atoms with Gasteiger partial charge in [-0.05, 0) is 49.4 Å². The number of carbonyl (C=O) groups excluding carboxylic acids is 2. The molecule has 0 saturated carbocycles. The number of nitrogens with one attached hydrogen (secondary N) is 1. The van der Waals surface area contributed by atoms with Crippen LogP contribution in [0.3, 0.4) is 0 Å². The van der Waals surface area contributed by atoms with E-state index in [1.54, 1.807) is 24.3 Å². The molecule has 0 aliphatic carbocycles. The fourth-order valence-electron chi connectivity index (χ4n) is 2.58. The Balaban J connectivity index is 0.00000264. The monoisotopic (exact) mass is 339 g/mol. The van der Waals surface area contributed by atoms with Gasteiger partial charge in [0.05, 0.1) is 0 Å². The molecule has 1 fully saturated rings. The molecular weight excluding hydrogens is 318 g/mol. The average molecular weight is 340 g/mol. The van der Waals surface area contributed by atoms with Crippen LogP contribution in [-0.2, 0) is 4.79 Å². The van der Waals surface area contributed by atoms with Gasteiger partial charge in [-0.1, -0.05) is 0 Å². The lowest BCUT2D eigenvalue weighted by atomic mass is 9.92. The molecule has 2 rings (SSSR count). The standard InChI is InChI=1S/C16H21N3O3.ClH/c17-16(18)19-9-7-12(8-10-19)3-6-15(21)22-14-4-1-13(11-20)2-5-14;/h1-2,4-5,11-12H,3,6-10H2,(H3,17,18);1H. The van der Waals surface area contributed by atoms with Crippen LogP contribution in [-0.4, -0.2) is 36.2 Å². The van der Waals surface area contributed by atoms with Gasteiger partial charge in [0.2, 0.25) is 0 Å². The molecule has 1 aliphatic rings. The number of hydrogen-bond donors (Lipinski definition) is 2. The highest BCUT2D eigenvalue weighted by molar-refractivity contribution is 5.85. The number of aldehydes is 1. The minimum atomic E-state index is -0.257. The molecule has 0 unspecified atom stereocenters. The second-order valence-corrected chi connectivity index (χ2v) is 5.52. The molecule has 1 aliphatic heterocycles. The van der Waals surface area contributed by atoms with Gasteiger partial charge in [0.25, 0.3) is 0 Å². The topological polar surface area (TPSA) is 96.5 Å². The molecule has 0 aromatic heterocycles. The van der Waals surface area contributed by atoms with E-state index in [-0.39, 0.29) is 24.3 Å². The molecule has 0 atom stereocenters. The van der Waals surface area contributed by atoms with Crippen LogP contribution in [0.25, 0.3) is 0 Å². The number of ether oxygens (including phenoxy) is 1. The van der Waals surface area contributed by atoms with Crippen LogP contribution >= 0.6 is 12.4 Å². The lowest BCUT2D eigenvalue weighted by molar-refractivity contribution is -0.134. The number of guanidine groups is 1. The van der Waals surface area contributed by atoms with Gasteiger partial charge in [0.15, 0.2) is 5.96 Å². The van der Waals surface area contributed by atoms with E-state index in [4.69, 9.17) is 15.9 Å². The first kappa shape index (κ1) is 19.0. The normalized spacial score (nSPS) is 14.7. The number of benzene rings is 1. The minimum Gasteiger partial charge on any atom is -0.427 e. The number of piperidine rings is 1. The highest BCUT2D eigenvalue weighted by Crippen LogP contribution is 2.22. The van der Waals surface area contributed by atoms with Crippen LogP contribution in [0.15, 0.2) is 24.3 Å². The van der Waals surface area contributed by atoms with E-state index in [0.29, 0.717) is 23.7 Å². The summed E-state index contributed by atoms with van der Waals surface area (Å²) in [6.45, 7) is 1.56. The zero-order chi connectivity index (χ0) is 15.9. The molecule has 1 aromatic carbocycles. The molecule has 0 bridgehead atoms. The summed E-state index contributed by atoms with van der Waals surface area (Å²) in [6.07, 6.45) is 3.80. The maximum Gasteiger partial charge on any atom is 0.311 e. The van der Waals surface area contributed by atoms with E-state index in [9.17, 15) is 9.59 Å². The van der Waals surface area contributed by atoms with E-state index < -0.39 is 0 Å². The number of nitrogens with zero attached hydrogens (tertiary/aromatic N) is 1. The maximum atomic E-state index is 11.8. The fourth-order valence-corrected chi connectivity index (χ4v) is 2.58. The van der Waals surface area contributed by atoms with Crippen LogP contribution in [0.4, 0.5) is 0 Å². The Kier molecular flexibility index (Phi) is 7.54. The number of hydrogen-bond acceptors (Lipinski definition) is 4. The van der Waals surface area contributed by atoms with E-state index in [1.165, 1.54) is 0 Å². The lowest BCUT2D eigenvalue weighted by Gasteiger charge is -2.31. The first-order valence-electron chi connectivity index (χ1n) is 7.43. The van der Waals surface area contributed by atoms with Crippen molar-refractivity contribution in [1.29, 1.82) is 5.41 Å². The lowest BCUT2D eigenvalue weighted by Crippen LogP contribution is -2.42. The second kappa shape index (κ2) is 9.15. The van der Waals surface area contributed by atoms with Crippen molar-refractivity contribution in [3.05, 3.63) is 29.8 Å². The van der Waals surface area contributed by atoms with Gasteiger partial charge in [0, 0.05) is 25.1 Å². The third kappa shape index (κ3) is 5.90. The van der Waals surface area contributed by atoms with Crippen molar-refractivity contribution in [1.82, 2.24) is 4.90 Å². The quantitative estimate of drug-likeness (QED) is 0.282. The molecule has 0 amide bonds. The molecule has 0 radical (unpaired) electrons. The number of halogens is 1. The largest absolute Gasteiger partial charge is 0.427 e. The maximum absolute atomic E-state index is 11.8. The summed E-state index contributed by atoms with van der Waals surface area (Å²) in [4.78, 5) is 24.2. The van der Waals surface area contributed by atoms with Crippen molar-refractivity contribution in [3.63, 3.8) is 0 Å². The number of likely N-dealkylation sites (tertiary alicyclic amines) is 1. The van der Waals surface area contributed by atoms with Crippen LogP contribution in [0.2, 0.25) is 0 Å². The summed E-state index contributed by atoms with van der Waals surface area (Å²) >= 11 is 0. The number of carbonyl (C=O) groups is 2. The third-order valence-electron chi connectivity index (χ3n) is 3.96. The average Bonchev–Trinajstić information content (AvgIpc) is 2.54. The predicted octanol–water partition coefficient (Wildman–Crippen LogP) is 2.21. The summed E-state index contributed by atoms with van der Waals surface area (Å²) in [5.74, 6) is 0.798. The molecule has 1 heterocycles. The third-order valence-corrected chi connectivity index (χ3v) is 3.96. The number of nitrogens with two attached hydrogens (primary N) is 1. The summed E-state index contributed by atoms with van der Waals surface area (Å²) in [5, 5.41) is 7.39. The zero-order valence-corrected chi connectivity index (χ0v) is 13.7. The van der Waals surface area contributed by atoms with Crippen molar-refractivity contribution >= 4 is 30.6 Å². The van der Waals surface area contributed by atoms with E-state index in [1.807, 2.05) is 4.90 Å². The summed E-state index contributed by atoms with van der Waals surface area (Å²) < 4.78 is 5.24. The van der Waals surface area contributed by atoms with Crippen LogP contribution < -0.4 is 10.5 Å². The number of esters is 1. The van der Waals surface area contributed by atoms with E-state index in [2.05, 4.69) is 0 Å². The Morgan fingerprint density at radius 2 is 1.91 bits per heavy atom. The Labute approximate surface area is 141 Å². The van der Waals surface area contributed by atoms with Gasteiger partial charge in [-0.2, -0.15) is 0 Å². The SMILES string of the molecule is Cl.N=C(N)N1CCC(CCC(=O)Oc2ccc(C=O)cc2)CC1. The molecule has 6 nitrogen and oxygen atoms in total. The predicted molar refractivity (Wildman–Crippen MR) is 90.2 cm³/mol. The number of rotatable bonds is 5. The Bertz CT molecular complexity index is 540. The molecule has 3 N–H and O–H groups in total. The van der Waals surface area contributed by atoms with Crippen molar-refractivity contribution in [2.24, 2.45) is 11.7 Å². The fraction of sp³-hybridized carbons (Fsp3) is 0.438. The molecule has 126 valence electrons. The molecule has 23 heavy (non-hydrogen) atoms. The first-order chi connectivity index (χ1) is 10.6. The van der Waals surface area contributed by atoms with Gasteiger partial charge in [-0.25, -0.2) is 0 Å². The van der Waals surface area contributed by atoms with Gasteiger partial charge >= 0.3 is 5.97 Å². The van der Waals surface area contributed by atoms with Crippen LogP contribution in [0.5, 0.6) is 5.75 Å². The first-order valence-corrected chi connectivity index (χ1v) is 7.43. The van der Waals surface area contributed by atoms with E-state index >= 15 is 0 Å². The van der Waals surface area contributed by atoms with Gasteiger partial charge < -0.3 is 15.4 Å². The van der Waals surface area contributed by atoms with Crippen LogP contribution in [0.1, 0.15) is 36.0 Å². The van der Waals surface area contributed by atoms with Crippen molar-refractivity contribution in [2.45, 2.75) is 25.7 Å². The van der Waals surface area contributed by atoms with Crippen molar-refractivity contribution in [2.75, 3.05) is 13.1 Å². The molecular formula is C16H22ClN3O3. The molecule has 7 heteroatoms. The molecule has 0 spiro atoms. The van der Waals surface area contributed by atoms with Crippen molar-refractivity contribution < 1.29 is 14.3 Å². The zero-order valence-electron chi connectivity index (χ0n) is 12.9. The smallest absolute Gasteiger partial charge is 0.311 e. The Hall–Kier alpha value is -2.08. The summed E-state index contributed by atoms with van der Waals surface area (Å²) in [5.41, 5.74) is 6.01. The van der Waals surface area contributed by atoms with Crippen LogP contribution in [0, 0.1) is 11.3 Å². The molecule has 1 saturated heterocycles. The Morgan fingerprint density at radius 1 is 1.30 bits per heavy atom.